The number of unbranched alkanes of at least 4 members (excludes halogenated alkanes) is 2. The maximum Gasteiger partial charge on any atom is 0.267 e. The molecule has 0 saturated carbocycles. The predicted molar refractivity (Wildman–Crippen MR) is 243 cm³/mol. The molecule has 14 nitrogen and oxygen atoms in total. The number of carbonyl (C=O) groups is 4. The number of ether oxygens (including phenoxy) is 1. The number of nitrogens with one attached hydrogen (secondary N) is 3. The average Bonchev–Trinajstić information content (AvgIpc) is 3.99. The SMILES string of the molecule is COc1cc(Cl)ccc1C(=O)N1CCC(CCCCNC(=O)c2cc3cnccc3[nH]2)CC1.O=C(NCCCCC1CCN(C(=O)c2cccnc2)CC1)c1ccc2nccn2c1. The number of aromatic amines is 1. The van der Waals surface area contributed by atoms with Crippen LogP contribution in [0.25, 0.3) is 16.6 Å². The van der Waals surface area contributed by atoms with Gasteiger partial charge in [0, 0.05) is 98.6 Å². The third kappa shape index (κ3) is 12.2. The van der Waals surface area contributed by atoms with Gasteiger partial charge in [-0.05, 0) is 105 Å². The first kappa shape index (κ1) is 44.8. The summed E-state index contributed by atoms with van der Waals surface area (Å²) in [6, 6.07) is 16.1. The van der Waals surface area contributed by atoms with Gasteiger partial charge < -0.3 is 34.6 Å². The number of hydrogen-bond donors (Lipinski definition) is 3. The zero-order valence-corrected chi connectivity index (χ0v) is 36.6. The Balaban J connectivity index is 0.000000190. The minimum atomic E-state index is -0.0874. The van der Waals surface area contributed by atoms with Crippen molar-refractivity contribution in [2.75, 3.05) is 46.4 Å². The fourth-order valence-electron chi connectivity index (χ4n) is 8.40. The van der Waals surface area contributed by atoms with Gasteiger partial charge >= 0.3 is 0 Å². The molecule has 2 fully saturated rings. The Kier molecular flexibility index (Phi) is 15.8. The number of fused-ring (bicyclic) bond motifs is 2. The van der Waals surface area contributed by atoms with Crippen molar-refractivity contribution in [1.82, 2.24) is 44.8 Å². The van der Waals surface area contributed by atoms with Crippen molar-refractivity contribution in [2.24, 2.45) is 11.8 Å². The van der Waals surface area contributed by atoms with E-state index in [0.717, 1.165) is 107 Å². The minimum absolute atomic E-state index is 0.00237. The summed E-state index contributed by atoms with van der Waals surface area (Å²) in [5.74, 6) is 1.72. The topological polar surface area (TPSA) is 167 Å². The lowest BCUT2D eigenvalue weighted by atomic mass is 9.91. The van der Waals surface area contributed by atoms with Crippen LogP contribution in [0.5, 0.6) is 5.75 Å². The number of aromatic nitrogens is 5. The molecule has 4 amide bonds. The van der Waals surface area contributed by atoms with Crippen LogP contribution in [0.2, 0.25) is 5.02 Å². The van der Waals surface area contributed by atoms with Crippen LogP contribution < -0.4 is 15.4 Å². The number of benzene rings is 1. The Hall–Kier alpha value is -6.28. The van der Waals surface area contributed by atoms with Gasteiger partial charge in [-0.2, -0.15) is 0 Å². The summed E-state index contributed by atoms with van der Waals surface area (Å²) in [5, 5.41) is 7.48. The van der Waals surface area contributed by atoms with Gasteiger partial charge in [0.25, 0.3) is 23.6 Å². The number of pyridine rings is 3. The summed E-state index contributed by atoms with van der Waals surface area (Å²) in [4.78, 5) is 69.3. The Bertz CT molecular complexity index is 2420. The van der Waals surface area contributed by atoms with Crippen molar-refractivity contribution in [2.45, 2.75) is 64.2 Å². The molecule has 330 valence electrons. The molecule has 0 aliphatic carbocycles. The lowest BCUT2D eigenvalue weighted by molar-refractivity contribution is 0.0676. The molecule has 0 unspecified atom stereocenters. The van der Waals surface area contributed by atoms with Gasteiger partial charge in [0.15, 0.2) is 0 Å². The van der Waals surface area contributed by atoms with Crippen molar-refractivity contribution < 1.29 is 23.9 Å². The first-order valence-corrected chi connectivity index (χ1v) is 22.4. The molecule has 6 aromatic rings. The molecule has 2 saturated heterocycles. The normalized spacial score (nSPS) is 14.6. The first-order valence-electron chi connectivity index (χ1n) is 22.0. The second-order valence-corrected chi connectivity index (χ2v) is 16.8. The van der Waals surface area contributed by atoms with Crippen LogP contribution in [-0.4, -0.2) is 104 Å². The van der Waals surface area contributed by atoms with Crippen molar-refractivity contribution >= 4 is 51.8 Å². The third-order valence-electron chi connectivity index (χ3n) is 12.1. The van der Waals surface area contributed by atoms with Gasteiger partial charge in [-0.25, -0.2) is 4.98 Å². The van der Waals surface area contributed by atoms with Gasteiger partial charge in [0.2, 0.25) is 0 Å². The molecule has 5 aromatic heterocycles. The number of H-pyrrole nitrogens is 1. The molecule has 0 bridgehead atoms. The van der Waals surface area contributed by atoms with Gasteiger partial charge in [-0.15, -0.1) is 0 Å². The zero-order valence-electron chi connectivity index (χ0n) is 35.8. The summed E-state index contributed by atoms with van der Waals surface area (Å²) in [7, 11) is 1.55. The molecule has 2 aliphatic heterocycles. The standard InChI is InChI=1S/C25H29ClN4O3.C23H27N5O2/c1-33-23-15-19(26)5-6-20(23)25(32)30-12-8-17(9-13-30)4-2-3-10-28-24(31)22-14-18-16-27-11-7-21(18)29-22;29-22(20-6-7-21-25-12-15-28(21)17-20)26-11-2-1-4-18-8-13-27(14-9-18)23(30)19-5-3-10-24-16-19/h5-7,11,14-17,29H,2-4,8-10,12-13H2,1H3,(H,28,31);3,5-7,10,12,15-18H,1-2,4,8-9,11,13-14H2,(H,26,29). The van der Waals surface area contributed by atoms with E-state index in [4.69, 9.17) is 16.3 Å². The molecule has 15 heteroatoms. The molecule has 7 heterocycles. The van der Waals surface area contributed by atoms with Crippen LogP contribution in [0.3, 0.4) is 0 Å². The minimum Gasteiger partial charge on any atom is -0.496 e. The van der Waals surface area contributed by atoms with Gasteiger partial charge in [-0.1, -0.05) is 37.3 Å². The van der Waals surface area contributed by atoms with Crippen LogP contribution in [0, 0.1) is 11.8 Å². The maximum atomic E-state index is 12.9. The Labute approximate surface area is 372 Å². The van der Waals surface area contributed by atoms with E-state index in [-0.39, 0.29) is 23.6 Å². The number of hydrogen-bond acceptors (Lipinski definition) is 8. The molecule has 1 aromatic carbocycles. The molecule has 3 N–H and O–H groups in total. The third-order valence-corrected chi connectivity index (χ3v) is 12.3. The highest BCUT2D eigenvalue weighted by Crippen LogP contribution is 2.28. The quantitative estimate of drug-likeness (QED) is 0.0878. The Morgan fingerprint density at radius 1 is 0.746 bits per heavy atom. The predicted octanol–water partition coefficient (Wildman–Crippen LogP) is 7.86. The Morgan fingerprint density at radius 2 is 1.43 bits per heavy atom. The number of carbonyl (C=O) groups excluding carboxylic acids is 4. The van der Waals surface area contributed by atoms with Crippen molar-refractivity contribution in [3.05, 3.63) is 125 Å². The van der Waals surface area contributed by atoms with Crippen LogP contribution in [0.4, 0.5) is 0 Å². The van der Waals surface area contributed by atoms with Crippen LogP contribution >= 0.6 is 11.6 Å². The highest BCUT2D eigenvalue weighted by Gasteiger charge is 2.26. The van der Waals surface area contributed by atoms with E-state index >= 15 is 0 Å². The number of piperidine rings is 2. The average molecular weight is 874 g/mol. The number of halogens is 1. The number of amides is 4. The second-order valence-electron chi connectivity index (χ2n) is 16.3. The van der Waals surface area contributed by atoms with E-state index in [1.165, 1.54) is 0 Å². The summed E-state index contributed by atoms with van der Waals surface area (Å²) in [6.45, 7) is 4.46. The number of rotatable bonds is 15. The first-order chi connectivity index (χ1) is 30.7. The van der Waals surface area contributed by atoms with Crippen LogP contribution in [0.15, 0.2) is 98.0 Å². The lowest BCUT2D eigenvalue weighted by Gasteiger charge is -2.32. The smallest absolute Gasteiger partial charge is 0.267 e. The summed E-state index contributed by atoms with van der Waals surface area (Å²) < 4.78 is 7.18. The van der Waals surface area contributed by atoms with E-state index in [9.17, 15) is 19.2 Å². The molecular formula is C48H56ClN9O5. The fourth-order valence-corrected chi connectivity index (χ4v) is 8.56. The molecule has 0 atom stereocenters. The number of nitrogens with zero attached hydrogens (tertiary/aromatic N) is 6. The van der Waals surface area contributed by atoms with E-state index < -0.39 is 0 Å². The fraction of sp³-hybridized carbons (Fsp3) is 0.396. The summed E-state index contributed by atoms with van der Waals surface area (Å²) >= 11 is 6.01. The molecule has 63 heavy (non-hydrogen) atoms. The van der Waals surface area contributed by atoms with Gasteiger partial charge in [-0.3, -0.25) is 29.1 Å². The highest BCUT2D eigenvalue weighted by atomic mass is 35.5. The maximum absolute atomic E-state index is 12.9. The lowest BCUT2D eigenvalue weighted by Crippen LogP contribution is -2.38. The van der Waals surface area contributed by atoms with Crippen molar-refractivity contribution in [3.8, 4) is 5.75 Å². The van der Waals surface area contributed by atoms with E-state index in [1.54, 1.807) is 74.6 Å². The molecule has 0 spiro atoms. The van der Waals surface area contributed by atoms with Gasteiger partial charge in [0.05, 0.1) is 23.8 Å². The van der Waals surface area contributed by atoms with E-state index in [1.807, 2.05) is 44.7 Å². The van der Waals surface area contributed by atoms with Crippen LogP contribution in [-0.2, 0) is 0 Å². The summed E-state index contributed by atoms with van der Waals surface area (Å²) in [5.41, 5.74) is 4.17. The molecule has 8 rings (SSSR count). The summed E-state index contributed by atoms with van der Waals surface area (Å²) in [6.07, 6.45) is 22.5. The van der Waals surface area contributed by atoms with Gasteiger partial charge in [0.1, 0.15) is 17.1 Å². The van der Waals surface area contributed by atoms with Crippen molar-refractivity contribution in [1.29, 1.82) is 0 Å². The van der Waals surface area contributed by atoms with E-state index in [2.05, 4.69) is 30.6 Å². The zero-order chi connectivity index (χ0) is 44.0. The molecule has 0 radical (unpaired) electrons. The van der Waals surface area contributed by atoms with E-state index in [0.29, 0.717) is 58.1 Å². The molecule has 2 aliphatic rings. The van der Waals surface area contributed by atoms with Crippen LogP contribution in [0.1, 0.15) is 106 Å². The number of imidazole rings is 1. The monoisotopic (exact) mass is 873 g/mol. The number of methoxy groups -OCH3 is 1. The number of likely N-dealkylation sites (tertiary alicyclic amines) is 2. The Morgan fingerprint density at radius 3 is 2.10 bits per heavy atom. The second kappa shape index (κ2) is 22.2. The molecular weight excluding hydrogens is 818 g/mol. The van der Waals surface area contributed by atoms with Crippen molar-refractivity contribution in [3.63, 3.8) is 0 Å². The largest absolute Gasteiger partial charge is 0.496 e. The highest BCUT2D eigenvalue weighted by molar-refractivity contribution is 6.30.